The summed E-state index contributed by atoms with van der Waals surface area (Å²) in [6.07, 6.45) is 0. The molecule has 1 unspecified atom stereocenters. The Kier molecular flexibility index (Phi) is 4.39. The first-order valence-corrected chi connectivity index (χ1v) is 8.72. The molecule has 4 nitrogen and oxygen atoms in total. The van der Waals surface area contributed by atoms with Gasteiger partial charge in [-0.15, -0.1) is 11.8 Å². The lowest BCUT2D eigenvalue weighted by atomic mass is 10.1. The summed E-state index contributed by atoms with van der Waals surface area (Å²) >= 11 is 3.47. The minimum atomic E-state index is -0.638. The van der Waals surface area contributed by atoms with Gasteiger partial charge in [-0.1, -0.05) is 12.1 Å². The number of benzene rings is 2. The SMILES string of the molecule is O=C(c1ccccc1O)C1SCC(=O)N1c1ccc(I)cc1. The van der Waals surface area contributed by atoms with Gasteiger partial charge in [0.1, 0.15) is 11.1 Å². The maximum Gasteiger partial charge on any atom is 0.238 e. The summed E-state index contributed by atoms with van der Waals surface area (Å²) in [5.41, 5.74) is 0.939. The Morgan fingerprint density at radius 1 is 1.18 bits per heavy atom. The summed E-state index contributed by atoms with van der Waals surface area (Å²) in [4.78, 5) is 26.4. The van der Waals surface area contributed by atoms with Crippen molar-refractivity contribution >= 4 is 51.7 Å². The number of anilines is 1. The van der Waals surface area contributed by atoms with Crippen LogP contribution in [0.3, 0.4) is 0 Å². The van der Waals surface area contributed by atoms with Crippen LogP contribution in [0.2, 0.25) is 0 Å². The van der Waals surface area contributed by atoms with Crippen LogP contribution in [0.1, 0.15) is 10.4 Å². The summed E-state index contributed by atoms with van der Waals surface area (Å²) in [5, 5.41) is 9.23. The number of amides is 1. The van der Waals surface area contributed by atoms with E-state index in [0.29, 0.717) is 5.69 Å². The maximum atomic E-state index is 12.7. The molecule has 0 bridgehead atoms. The molecule has 1 N–H and O–H groups in total. The van der Waals surface area contributed by atoms with Crippen molar-refractivity contribution in [1.29, 1.82) is 0 Å². The van der Waals surface area contributed by atoms with Crippen LogP contribution in [-0.4, -0.2) is 27.9 Å². The van der Waals surface area contributed by atoms with Crippen LogP contribution < -0.4 is 4.90 Å². The highest BCUT2D eigenvalue weighted by Gasteiger charge is 2.38. The van der Waals surface area contributed by atoms with Crippen LogP contribution in [-0.2, 0) is 4.79 Å². The Bertz CT molecular complexity index is 732. The third-order valence-electron chi connectivity index (χ3n) is 3.37. The Labute approximate surface area is 145 Å². The van der Waals surface area contributed by atoms with Crippen molar-refractivity contribution in [1.82, 2.24) is 0 Å². The molecule has 0 spiro atoms. The van der Waals surface area contributed by atoms with Crippen LogP contribution in [0.25, 0.3) is 0 Å². The summed E-state index contributed by atoms with van der Waals surface area (Å²) in [7, 11) is 0. The number of phenolic OH excluding ortho intramolecular Hbond substituents is 1. The smallest absolute Gasteiger partial charge is 0.238 e. The van der Waals surface area contributed by atoms with Crippen molar-refractivity contribution in [3.8, 4) is 5.75 Å². The van der Waals surface area contributed by atoms with E-state index in [1.807, 2.05) is 24.3 Å². The second-order valence-corrected chi connectivity index (χ2v) is 7.10. The molecule has 2 aromatic rings. The Morgan fingerprint density at radius 2 is 1.86 bits per heavy atom. The molecule has 22 heavy (non-hydrogen) atoms. The molecular weight excluding hydrogens is 413 g/mol. The summed E-state index contributed by atoms with van der Waals surface area (Å²) < 4.78 is 1.06. The van der Waals surface area contributed by atoms with E-state index in [1.54, 1.807) is 18.2 Å². The van der Waals surface area contributed by atoms with Crippen LogP contribution in [0, 0.1) is 3.57 Å². The lowest BCUT2D eigenvalue weighted by molar-refractivity contribution is -0.115. The fourth-order valence-electron chi connectivity index (χ4n) is 2.31. The molecule has 1 amide bonds. The van der Waals surface area contributed by atoms with Crippen molar-refractivity contribution in [3.05, 3.63) is 57.7 Å². The minimum Gasteiger partial charge on any atom is -0.507 e. The van der Waals surface area contributed by atoms with Crippen LogP contribution >= 0.6 is 34.4 Å². The summed E-state index contributed by atoms with van der Waals surface area (Å²) in [6, 6.07) is 13.9. The number of ketones is 1. The summed E-state index contributed by atoms with van der Waals surface area (Å²) in [5.74, 6) is -0.154. The second-order valence-electron chi connectivity index (χ2n) is 4.78. The predicted molar refractivity (Wildman–Crippen MR) is 95.3 cm³/mol. The highest BCUT2D eigenvalue weighted by molar-refractivity contribution is 14.1. The molecule has 6 heteroatoms. The average molecular weight is 425 g/mol. The van der Waals surface area contributed by atoms with Crippen molar-refractivity contribution in [2.75, 3.05) is 10.7 Å². The molecule has 0 saturated carbocycles. The van der Waals surface area contributed by atoms with Gasteiger partial charge in [-0.25, -0.2) is 0 Å². The second kappa shape index (κ2) is 6.29. The zero-order chi connectivity index (χ0) is 15.7. The van der Waals surface area contributed by atoms with E-state index in [1.165, 1.54) is 22.7 Å². The molecule has 112 valence electrons. The van der Waals surface area contributed by atoms with Gasteiger partial charge < -0.3 is 5.11 Å². The van der Waals surface area contributed by atoms with Gasteiger partial charge in [0, 0.05) is 9.26 Å². The highest BCUT2D eigenvalue weighted by atomic mass is 127. The highest BCUT2D eigenvalue weighted by Crippen LogP contribution is 2.34. The molecule has 0 aromatic heterocycles. The minimum absolute atomic E-state index is 0.0602. The number of phenols is 1. The number of aromatic hydroxyl groups is 1. The third kappa shape index (κ3) is 2.85. The predicted octanol–water partition coefficient (Wildman–Crippen LogP) is 3.29. The number of thioether (sulfide) groups is 1. The Hall–Kier alpha value is -1.54. The van der Waals surface area contributed by atoms with Crippen molar-refractivity contribution in [2.45, 2.75) is 5.37 Å². The average Bonchev–Trinajstić information content (AvgIpc) is 2.90. The Morgan fingerprint density at radius 3 is 2.55 bits per heavy atom. The van der Waals surface area contributed by atoms with Gasteiger partial charge in [0.2, 0.25) is 5.91 Å². The van der Waals surface area contributed by atoms with E-state index in [-0.39, 0.29) is 28.8 Å². The number of rotatable bonds is 3. The molecule has 1 heterocycles. The largest absolute Gasteiger partial charge is 0.507 e. The fraction of sp³-hybridized carbons (Fsp3) is 0.125. The Balaban J connectivity index is 1.95. The number of hydrogen-bond acceptors (Lipinski definition) is 4. The molecule has 3 rings (SSSR count). The first-order chi connectivity index (χ1) is 10.6. The van der Waals surface area contributed by atoms with Gasteiger partial charge >= 0.3 is 0 Å². The van der Waals surface area contributed by atoms with Gasteiger partial charge in [-0.05, 0) is 59.0 Å². The molecule has 1 aliphatic heterocycles. The van der Waals surface area contributed by atoms with Gasteiger partial charge in [0.25, 0.3) is 0 Å². The summed E-state index contributed by atoms with van der Waals surface area (Å²) in [6.45, 7) is 0. The molecule has 2 aromatic carbocycles. The number of Topliss-reactive ketones (excluding diaryl/α,β-unsaturated/α-hetero) is 1. The zero-order valence-corrected chi connectivity index (χ0v) is 14.4. The van der Waals surface area contributed by atoms with Gasteiger partial charge in [0.05, 0.1) is 11.3 Å². The van der Waals surface area contributed by atoms with Crippen LogP contribution in [0.15, 0.2) is 48.5 Å². The molecule has 1 aliphatic rings. The van der Waals surface area contributed by atoms with Crippen molar-refractivity contribution < 1.29 is 14.7 Å². The van der Waals surface area contributed by atoms with Crippen molar-refractivity contribution in [2.24, 2.45) is 0 Å². The molecule has 1 atom stereocenters. The van der Waals surface area contributed by atoms with Crippen molar-refractivity contribution in [3.63, 3.8) is 0 Å². The zero-order valence-electron chi connectivity index (χ0n) is 11.4. The molecule has 0 radical (unpaired) electrons. The topological polar surface area (TPSA) is 57.6 Å². The number of carbonyl (C=O) groups is 2. The van der Waals surface area contributed by atoms with Gasteiger partial charge in [0.15, 0.2) is 5.78 Å². The molecule has 1 fully saturated rings. The lowest BCUT2D eigenvalue weighted by Crippen LogP contribution is -2.37. The molecule has 0 aliphatic carbocycles. The first-order valence-electron chi connectivity index (χ1n) is 6.59. The van der Waals surface area contributed by atoms with Gasteiger partial charge in [-0.3, -0.25) is 14.5 Å². The standard InChI is InChI=1S/C16H12INO3S/c17-10-5-7-11(8-6-10)18-14(20)9-22-16(18)15(21)12-3-1-2-4-13(12)19/h1-8,16,19H,9H2. The van der Waals surface area contributed by atoms with E-state index in [9.17, 15) is 14.7 Å². The van der Waals surface area contributed by atoms with E-state index >= 15 is 0 Å². The first kappa shape index (κ1) is 15.4. The van der Waals surface area contributed by atoms with E-state index in [2.05, 4.69) is 22.6 Å². The number of hydrogen-bond donors (Lipinski definition) is 1. The quantitative estimate of drug-likeness (QED) is 0.606. The number of carbonyl (C=O) groups excluding carboxylic acids is 2. The van der Waals surface area contributed by atoms with Gasteiger partial charge in [-0.2, -0.15) is 0 Å². The fourth-order valence-corrected chi connectivity index (χ4v) is 3.78. The molecular formula is C16H12INO3S. The van der Waals surface area contributed by atoms with Crippen LogP contribution in [0.5, 0.6) is 5.75 Å². The normalized spacial score (nSPS) is 17.8. The number of halogens is 1. The number of para-hydroxylation sites is 1. The lowest BCUT2D eigenvalue weighted by Gasteiger charge is -2.23. The maximum absolute atomic E-state index is 12.7. The molecule has 1 saturated heterocycles. The van der Waals surface area contributed by atoms with E-state index in [0.717, 1.165) is 3.57 Å². The number of nitrogens with zero attached hydrogens (tertiary/aromatic N) is 1. The van der Waals surface area contributed by atoms with E-state index < -0.39 is 5.37 Å². The third-order valence-corrected chi connectivity index (χ3v) is 5.24. The van der Waals surface area contributed by atoms with Crippen LogP contribution in [0.4, 0.5) is 5.69 Å². The monoisotopic (exact) mass is 425 g/mol. The van der Waals surface area contributed by atoms with E-state index in [4.69, 9.17) is 0 Å².